The van der Waals surface area contributed by atoms with Crippen LogP contribution in [-0.2, 0) is 0 Å². The second-order valence-corrected chi connectivity index (χ2v) is 4.27. The summed E-state index contributed by atoms with van der Waals surface area (Å²) in [6.07, 6.45) is 0. The molecular formula is C13H21NO2. The maximum atomic E-state index is 9.22. The fourth-order valence-electron chi connectivity index (χ4n) is 1.77. The topological polar surface area (TPSA) is 55.5 Å². The molecule has 0 aliphatic heterocycles. The summed E-state index contributed by atoms with van der Waals surface area (Å²) in [5, 5.41) is 9.22. The Labute approximate surface area is 97.2 Å². The van der Waals surface area contributed by atoms with E-state index in [1.165, 1.54) is 0 Å². The van der Waals surface area contributed by atoms with Crippen molar-refractivity contribution in [2.75, 3.05) is 20.3 Å². The number of aliphatic hydroxyl groups is 1. The number of hydrogen-bond donors (Lipinski definition) is 2. The molecule has 3 nitrogen and oxygen atoms in total. The first-order valence-corrected chi connectivity index (χ1v) is 5.62. The number of methoxy groups -OCH3 is 1. The van der Waals surface area contributed by atoms with Gasteiger partial charge in [0.15, 0.2) is 0 Å². The quantitative estimate of drug-likeness (QED) is 0.801. The minimum Gasteiger partial charge on any atom is -0.496 e. The van der Waals surface area contributed by atoms with Gasteiger partial charge in [-0.05, 0) is 23.1 Å². The summed E-state index contributed by atoms with van der Waals surface area (Å²) in [6, 6.07) is 6.00. The second-order valence-electron chi connectivity index (χ2n) is 4.27. The van der Waals surface area contributed by atoms with Crippen molar-refractivity contribution in [3.05, 3.63) is 29.3 Å². The van der Waals surface area contributed by atoms with E-state index in [1.54, 1.807) is 7.11 Å². The fourth-order valence-corrected chi connectivity index (χ4v) is 1.77. The van der Waals surface area contributed by atoms with Crippen molar-refractivity contribution in [3.63, 3.8) is 0 Å². The largest absolute Gasteiger partial charge is 0.496 e. The van der Waals surface area contributed by atoms with Gasteiger partial charge in [-0.1, -0.05) is 26.0 Å². The van der Waals surface area contributed by atoms with Crippen molar-refractivity contribution < 1.29 is 9.84 Å². The van der Waals surface area contributed by atoms with Crippen molar-refractivity contribution in [3.8, 4) is 5.75 Å². The van der Waals surface area contributed by atoms with Crippen LogP contribution in [0, 0.1) is 0 Å². The van der Waals surface area contributed by atoms with Crippen LogP contribution in [0.4, 0.5) is 0 Å². The van der Waals surface area contributed by atoms with Crippen molar-refractivity contribution in [1.29, 1.82) is 0 Å². The Morgan fingerprint density at radius 3 is 2.50 bits per heavy atom. The molecule has 3 N–H and O–H groups in total. The average Bonchev–Trinajstić information content (AvgIpc) is 2.30. The molecule has 0 saturated heterocycles. The van der Waals surface area contributed by atoms with Gasteiger partial charge < -0.3 is 15.6 Å². The number of benzene rings is 1. The second kappa shape index (κ2) is 5.87. The Morgan fingerprint density at radius 2 is 2.06 bits per heavy atom. The fraction of sp³-hybridized carbons (Fsp3) is 0.538. The van der Waals surface area contributed by atoms with Crippen molar-refractivity contribution in [2.45, 2.75) is 25.7 Å². The van der Waals surface area contributed by atoms with Gasteiger partial charge in [0.2, 0.25) is 0 Å². The number of aliphatic hydroxyl groups excluding tert-OH is 1. The van der Waals surface area contributed by atoms with Crippen LogP contribution in [0.25, 0.3) is 0 Å². The molecule has 1 unspecified atom stereocenters. The predicted molar refractivity (Wildman–Crippen MR) is 66.0 cm³/mol. The number of rotatable bonds is 5. The predicted octanol–water partition coefficient (Wildman–Crippen LogP) is 1.85. The zero-order chi connectivity index (χ0) is 12.1. The highest BCUT2D eigenvalue weighted by Crippen LogP contribution is 2.29. The molecule has 0 fully saturated rings. The summed E-state index contributed by atoms with van der Waals surface area (Å²) in [5.74, 6) is 1.31. The van der Waals surface area contributed by atoms with E-state index in [9.17, 15) is 5.11 Å². The molecular weight excluding hydrogens is 202 g/mol. The molecule has 0 amide bonds. The molecule has 0 radical (unpaired) electrons. The van der Waals surface area contributed by atoms with E-state index in [0.717, 1.165) is 16.9 Å². The van der Waals surface area contributed by atoms with Crippen LogP contribution in [0.2, 0.25) is 0 Å². The highest BCUT2D eigenvalue weighted by atomic mass is 16.5. The lowest BCUT2D eigenvalue weighted by molar-refractivity contribution is 0.267. The Morgan fingerprint density at radius 1 is 1.38 bits per heavy atom. The third kappa shape index (κ3) is 2.74. The molecule has 0 saturated carbocycles. The normalized spacial score (nSPS) is 12.9. The zero-order valence-electron chi connectivity index (χ0n) is 10.2. The molecule has 0 aromatic heterocycles. The Bertz CT molecular complexity index is 333. The van der Waals surface area contributed by atoms with Crippen LogP contribution in [0.3, 0.4) is 0 Å². The molecule has 0 spiro atoms. The molecule has 3 heteroatoms. The van der Waals surface area contributed by atoms with Gasteiger partial charge in [0.1, 0.15) is 5.75 Å². The van der Waals surface area contributed by atoms with E-state index >= 15 is 0 Å². The maximum absolute atomic E-state index is 9.22. The van der Waals surface area contributed by atoms with Gasteiger partial charge in [0.05, 0.1) is 13.7 Å². The van der Waals surface area contributed by atoms with Gasteiger partial charge in [-0.25, -0.2) is 0 Å². The van der Waals surface area contributed by atoms with E-state index in [4.69, 9.17) is 10.5 Å². The molecule has 1 aromatic rings. The third-order valence-corrected chi connectivity index (χ3v) is 2.85. The van der Waals surface area contributed by atoms with Gasteiger partial charge in [-0.15, -0.1) is 0 Å². The van der Waals surface area contributed by atoms with Crippen molar-refractivity contribution in [1.82, 2.24) is 0 Å². The number of hydrogen-bond acceptors (Lipinski definition) is 3. The smallest absolute Gasteiger partial charge is 0.122 e. The van der Waals surface area contributed by atoms with Gasteiger partial charge >= 0.3 is 0 Å². The summed E-state index contributed by atoms with van der Waals surface area (Å²) in [6.45, 7) is 4.79. The van der Waals surface area contributed by atoms with Crippen LogP contribution in [0.15, 0.2) is 18.2 Å². The Kier molecular flexibility index (Phi) is 4.77. The lowest BCUT2D eigenvalue weighted by Gasteiger charge is -2.17. The number of ether oxygens (including phenoxy) is 1. The van der Waals surface area contributed by atoms with Gasteiger partial charge in [-0.2, -0.15) is 0 Å². The molecule has 1 aromatic carbocycles. The van der Waals surface area contributed by atoms with Crippen LogP contribution in [0.1, 0.15) is 36.8 Å². The van der Waals surface area contributed by atoms with Crippen molar-refractivity contribution in [2.24, 2.45) is 5.73 Å². The van der Waals surface area contributed by atoms with Crippen LogP contribution >= 0.6 is 0 Å². The molecule has 1 rings (SSSR count). The van der Waals surface area contributed by atoms with Gasteiger partial charge in [0.25, 0.3) is 0 Å². The summed E-state index contributed by atoms with van der Waals surface area (Å²) in [4.78, 5) is 0. The van der Waals surface area contributed by atoms with Crippen molar-refractivity contribution >= 4 is 0 Å². The first-order valence-electron chi connectivity index (χ1n) is 5.62. The van der Waals surface area contributed by atoms with Crippen LogP contribution < -0.4 is 10.5 Å². The lowest BCUT2D eigenvalue weighted by atomic mass is 9.93. The third-order valence-electron chi connectivity index (χ3n) is 2.85. The Hall–Kier alpha value is -1.06. The van der Waals surface area contributed by atoms with Crippen LogP contribution in [-0.4, -0.2) is 25.4 Å². The summed E-state index contributed by atoms with van der Waals surface area (Å²) < 4.78 is 5.31. The first-order chi connectivity index (χ1) is 7.63. The van der Waals surface area contributed by atoms with E-state index in [2.05, 4.69) is 19.9 Å². The average molecular weight is 223 g/mol. The van der Waals surface area contributed by atoms with Gasteiger partial charge in [0, 0.05) is 12.5 Å². The minimum absolute atomic E-state index is 0.0170. The maximum Gasteiger partial charge on any atom is 0.122 e. The molecule has 0 bridgehead atoms. The number of nitrogens with two attached hydrogens (primary N) is 1. The summed E-state index contributed by atoms with van der Waals surface area (Å²) >= 11 is 0. The molecule has 0 heterocycles. The minimum atomic E-state index is 0.0170. The SMILES string of the molecule is COc1ccc(C(CN)CO)cc1C(C)C. The highest BCUT2D eigenvalue weighted by Gasteiger charge is 2.13. The molecule has 16 heavy (non-hydrogen) atoms. The Balaban J connectivity index is 3.10. The summed E-state index contributed by atoms with van der Waals surface area (Å²) in [5.41, 5.74) is 7.86. The standard InChI is InChI=1S/C13H21NO2/c1-9(2)12-6-10(11(7-14)8-15)4-5-13(12)16-3/h4-6,9,11,15H,7-8,14H2,1-3H3. The molecule has 0 aliphatic rings. The van der Waals surface area contributed by atoms with Gasteiger partial charge in [-0.3, -0.25) is 0 Å². The molecule has 1 atom stereocenters. The summed E-state index contributed by atoms with van der Waals surface area (Å²) in [7, 11) is 1.67. The van der Waals surface area contributed by atoms with E-state index in [1.807, 2.05) is 12.1 Å². The van der Waals surface area contributed by atoms with E-state index < -0.39 is 0 Å². The first kappa shape index (κ1) is 13.0. The lowest BCUT2D eigenvalue weighted by Crippen LogP contribution is -2.16. The van der Waals surface area contributed by atoms with E-state index in [-0.39, 0.29) is 12.5 Å². The van der Waals surface area contributed by atoms with E-state index in [0.29, 0.717) is 12.5 Å². The van der Waals surface area contributed by atoms with Crippen LogP contribution in [0.5, 0.6) is 5.75 Å². The molecule has 90 valence electrons. The highest BCUT2D eigenvalue weighted by molar-refractivity contribution is 5.40. The molecule has 0 aliphatic carbocycles. The monoisotopic (exact) mass is 223 g/mol. The zero-order valence-corrected chi connectivity index (χ0v) is 10.2.